The largest absolute Gasteiger partial charge is 0.272 e. The topological polar surface area (TPSA) is 63.2 Å². The molecule has 116 valence electrons. The maximum atomic E-state index is 12.4. The number of thioether (sulfide) groups is 1. The van der Waals surface area contributed by atoms with Crippen LogP contribution in [0.3, 0.4) is 0 Å². The van der Waals surface area contributed by atoms with Crippen molar-refractivity contribution in [2.24, 2.45) is 5.41 Å². The SMILES string of the molecule is CC(C)(C)CS(=O)(=O)NC(=O)[C@@H]1SCCc2ccccc21. The minimum Gasteiger partial charge on any atom is -0.272 e. The summed E-state index contributed by atoms with van der Waals surface area (Å²) in [6, 6.07) is 7.73. The summed E-state index contributed by atoms with van der Waals surface area (Å²) in [6.07, 6.45) is 0.916. The van der Waals surface area contributed by atoms with Gasteiger partial charge in [0.2, 0.25) is 10.0 Å². The summed E-state index contributed by atoms with van der Waals surface area (Å²) >= 11 is 1.50. The average Bonchev–Trinajstić information content (AvgIpc) is 2.34. The van der Waals surface area contributed by atoms with Gasteiger partial charge in [0, 0.05) is 0 Å². The predicted molar refractivity (Wildman–Crippen MR) is 86.7 cm³/mol. The highest BCUT2D eigenvalue weighted by Crippen LogP contribution is 2.36. The van der Waals surface area contributed by atoms with Gasteiger partial charge in [0.15, 0.2) is 0 Å². The van der Waals surface area contributed by atoms with Crippen molar-refractivity contribution in [2.45, 2.75) is 32.4 Å². The molecule has 0 unspecified atom stereocenters. The van der Waals surface area contributed by atoms with Crippen LogP contribution in [-0.2, 0) is 21.2 Å². The Labute approximate surface area is 130 Å². The van der Waals surface area contributed by atoms with Crippen molar-refractivity contribution < 1.29 is 13.2 Å². The molecule has 1 aliphatic rings. The van der Waals surface area contributed by atoms with Crippen molar-refractivity contribution in [1.29, 1.82) is 0 Å². The quantitative estimate of drug-likeness (QED) is 0.926. The van der Waals surface area contributed by atoms with Gasteiger partial charge in [0.25, 0.3) is 5.91 Å². The summed E-state index contributed by atoms with van der Waals surface area (Å²) in [4.78, 5) is 12.4. The third-order valence-corrected chi connectivity index (χ3v) is 6.11. The molecule has 1 aromatic rings. The zero-order valence-corrected chi connectivity index (χ0v) is 14.2. The molecule has 2 rings (SSSR count). The molecule has 1 amide bonds. The predicted octanol–water partition coefficient (Wildman–Crippen LogP) is 2.51. The molecule has 6 heteroatoms. The van der Waals surface area contributed by atoms with Gasteiger partial charge in [-0.2, -0.15) is 0 Å². The van der Waals surface area contributed by atoms with Crippen LogP contribution in [0.2, 0.25) is 0 Å². The molecule has 0 saturated heterocycles. The number of carbonyl (C=O) groups is 1. The third kappa shape index (κ3) is 4.48. The summed E-state index contributed by atoms with van der Waals surface area (Å²) in [6.45, 7) is 5.50. The molecule has 1 heterocycles. The van der Waals surface area contributed by atoms with Gasteiger partial charge in [-0.15, -0.1) is 11.8 Å². The van der Waals surface area contributed by atoms with Crippen LogP contribution in [0.5, 0.6) is 0 Å². The minimum atomic E-state index is -3.60. The fourth-order valence-corrected chi connectivity index (χ4v) is 5.33. The Hall–Kier alpha value is -1.01. The number of hydrogen-bond acceptors (Lipinski definition) is 4. The number of amides is 1. The van der Waals surface area contributed by atoms with Crippen LogP contribution in [0.15, 0.2) is 24.3 Å². The number of sulfonamides is 1. The Balaban J connectivity index is 2.15. The summed E-state index contributed by atoms with van der Waals surface area (Å²) < 4.78 is 26.4. The molecule has 4 nitrogen and oxygen atoms in total. The van der Waals surface area contributed by atoms with Gasteiger partial charge in [-0.05, 0) is 28.7 Å². The number of nitrogens with one attached hydrogen (secondary N) is 1. The van der Waals surface area contributed by atoms with Gasteiger partial charge >= 0.3 is 0 Å². The van der Waals surface area contributed by atoms with E-state index in [-0.39, 0.29) is 11.2 Å². The van der Waals surface area contributed by atoms with Crippen molar-refractivity contribution in [2.75, 3.05) is 11.5 Å². The Morgan fingerprint density at radius 2 is 2.00 bits per heavy atom. The molecular weight excluding hydrogens is 306 g/mol. The van der Waals surface area contributed by atoms with Crippen molar-refractivity contribution in [3.05, 3.63) is 35.4 Å². The second-order valence-electron chi connectivity index (χ2n) is 6.49. The Bertz CT molecular complexity index is 633. The molecule has 1 N–H and O–H groups in total. The lowest BCUT2D eigenvalue weighted by Crippen LogP contribution is -2.39. The first kappa shape index (κ1) is 16.4. The lowest BCUT2D eigenvalue weighted by Gasteiger charge is -2.25. The average molecular weight is 327 g/mol. The van der Waals surface area contributed by atoms with Gasteiger partial charge in [-0.1, -0.05) is 45.0 Å². The highest BCUT2D eigenvalue weighted by Gasteiger charge is 2.31. The van der Waals surface area contributed by atoms with Crippen LogP contribution < -0.4 is 4.72 Å². The number of hydrogen-bond donors (Lipinski definition) is 1. The highest BCUT2D eigenvalue weighted by molar-refractivity contribution is 8.00. The smallest absolute Gasteiger partial charge is 0.251 e. The molecular formula is C15H21NO3S2. The zero-order valence-electron chi connectivity index (χ0n) is 12.5. The zero-order chi connectivity index (χ0) is 15.7. The first-order chi connectivity index (χ1) is 9.68. The molecule has 0 saturated carbocycles. The molecule has 21 heavy (non-hydrogen) atoms. The summed E-state index contributed by atoms with van der Waals surface area (Å²) in [5.41, 5.74) is 1.67. The number of aryl methyl sites for hydroxylation is 1. The summed E-state index contributed by atoms with van der Waals surface area (Å²) in [7, 11) is -3.60. The van der Waals surface area contributed by atoms with Crippen LogP contribution >= 0.6 is 11.8 Å². The normalized spacial score (nSPS) is 18.9. The van der Waals surface area contributed by atoms with E-state index in [9.17, 15) is 13.2 Å². The minimum absolute atomic E-state index is 0.0647. The summed E-state index contributed by atoms with van der Waals surface area (Å²) in [5, 5.41) is -0.440. The maximum absolute atomic E-state index is 12.4. The van der Waals surface area contributed by atoms with Gasteiger partial charge in [-0.3, -0.25) is 9.52 Å². The van der Waals surface area contributed by atoms with Gasteiger partial charge in [0.05, 0.1) is 5.75 Å². The molecule has 1 aliphatic heterocycles. The molecule has 0 spiro atoms. The number of carbonyl (C=O) groups excluding carboxylic acids is 1. The molecule has 0 radical (unpaired) electrons. The highest BCUT2D eigenvalue weighted by atomic mass is 32.2. The van der Waals surface area contributed by atoms with Crippen molar-refractivity contribution in [3.8, 4) is 0 Å². The number of benzene rings is 1. The third-order valence-electron chi connectivity index (χ3n) is 3.11. The van der Waals surface area contributed by atoms with E-state index in [0.717, 1.165) is 23.3 Å². The molecule has 0 bridgehead atoms. The first-order valence-electron chi connectivity index (χ1n) is 6.92. The lowest BCUT2D eigenvalue weighted by molar-refractivity contribution is -0.118. The standard InChI is InChI=1S/C15H21NO3S2/c1-15(2,3)10-21(18,19)16-14(17)13-12-7-5-4-6-11(12)8-9-20-13/h4-7,13H,8-10H2,1-3H3,(H,16,17)/t13-/m1/s1. The molecule has 0 fully saturated rings. The van der Waals surface area contributed by atoms with Crippen molar-refractivity contribution in [1.82, 2.24) is 4.72 Å². The maximum Gasteiger partial charge on any atom is 0.251 e. The molecule has 1 aromatic carbocycles. The molecule has 0 aliphatic carbocycles. The van der Waals surface area contributed by atoms with E-state index in [1.807, 2.05) is 45.0 Å². The van der Waals surface area contributed by atoms with Crippen LogP contribution in [0.25, 0.3) is 0 Å². The van der Waals surface area contributed by atoms with E-state index in [0.29, 0.717) is 0 Å². The van der Waals surface area contributed by atoms with E-state index in [4.69, 9.17) is 0 Å². The second-order valence-corrected chi connectivity index (χ2v) is 9.42. The van der Waals surface area contributed by atoms with Gasteiger partial charge in [-0.25, -0.2) is 8.42 Å². The van der Waals surface area contributed by atoms with Crippen LogP contribution in [0.4, 0.5) is 0 Å². The van der Waals surface area contributed by atoms with E-state index in [1.165, 1.54) is 11.8 Å². The van der Waals surface area contributed by atoms with Crippen LogP contribution in [0, 0.1) is 5.41 Å². The monoisotopic (exact) mass is 327 g/mol. The van der Waals surface area contributed by atoms with Gasteiger partial charge < -0.3 is 0 Å². The van der Waals surface area contributed by atoms with E-state index in [1.54, 1.807) is 0 Å². The van der Waals surface area contributed by atoms with Crippen LogP contribution in [-0.4, -0.2) is 25.8 Å². The van der Waals surface area contributed by atoms with Crippen molar-refractivity contribution in [3.63, 3.8) is 0 Å². The van der Waals surface area contributed by atoms with Gasteiger partial charge in [0.1, 0.15) is 5.25 Å². The second kappa shape index (κ2) is 6.01. The Morgan fingerprint density at radius 1 is 1.33 bits per heavy atom. The number of rotatable bonds is 3. The fraction of sp³-hybridized carbons (Fsp3) is 0.533. The lowest BCUT2D eigenvalue weighted by atomic mass is 10.0. The molecule has 1 atom stereocenters. The van der Waals surface area contributed by atoms with Crippen molar-refractivity contribution >= 4 is 27.7 Å². The van der Waals surface area contributed by atoms with E-state index >= 15 is 0 Å². The van der Waals surface area contributed by atoms with Crippen LogP contribution in [0.1, 0.15) is 37.1 Å². The Kier molecular flexibility index (Phi) is 4.68. The number of fused-ring (bicyclic) bond motifs is 1. The fourth-order valence-electron chi connectivity index (χ4n) is 2.42. The molecule has 0 aromatic heterocycles. The Morgan fingerprint density at radius 3 is 2.67 bits per heavy atom. The van der Waals surface area contributed by atoms with E-state index < -0.39 is 21.2 Å². The first-order valence-corrected chi connectivity index (χ1v) is 9.62. The summed E-state index contributed by atoms with van der Waals surface area (Å²) in [5.74, 6) is 0.329. The van der Waals surface area contributed by atoms with E-state index in [2.05, 4.69) is 4.72 Å².